The van der Waals surface area contributed by atoms with Gasteiger partial charge in [-0.15, -0.1) is 0 Å². The number of nitrogens with zero attached hydrogens (tertiary/aromatic N) is 3. The molecule has 1 heterocycles. The zero-order valence-electron chi connectivity index (χ0n) is 20.5. The average molecular weight is 492 g/mol. The van der Waals surface area contributed by atoms with Crippen molar-refractivity contribution in [1.82, 2.24) is 14.9 Å². The van der Waals surface area contributed by atoms with E-state index in [1.807, 2.05) is 0 Å². The molecule has 0 aliphatic rings. The number of hydrogen-bond donors (Lipinski definition) is 1. The predicted octanol–water partition coefficient (Wildman–Crippen LogP) is 2.08. The molecule has 0 saturated carbocycles. The second kappa shape index (κ2) is 11.8. The highest BCUT2D eigenvalue weighted by atomic mass is 16.5. The van der Waals surface area contributed by atoms with Crippen LogP contribution in [0, 0.1) is 0 Å². The first-order chi connectivity index (χ1) is 17.3. The second-order valence-corrected chi connectivity index (χ2v) is 7.33. The maximum atomic E-state index is 12.9. The van der Waals surface area contributed by atoms with Gasteiger partial charge in [0.2, 0.25) is 17.6 Å². The molecule has 1 N–H and O–H groups in total. The highest BCUT2D eigenvalue weighted by Crippen LogP contribution is 2.40. The third-order valence-electron chi connectivity index (χ3n) is 4.97. The van der Waals surface area contributed by atoms with Gasteiger partial charge in [0.15, 0.2) is 11.5 Å². The summed E-state index contributed by atoms with van der Waals surface area (Å²) >= 11 is 0. The molecule has 1 aromatic heterocycles. The molecule has 2 radical (unpaired) electrons. The minimum Gasteiger partial charge on any atom is -0.493 e. The first kappa shape index (κ1) is 26.1. The summed E-state index contributed by atoms with van der Waals surface area (Å²) in [5.41, 5.74) is 0.914. The molecule has 0 aliphatic heterocycles. The lowest BCUT2D eigenvalue weighted by Gasteiger charge is -2.18. The normalized spacial score (nSPS) is 10.2. The lowest BCUT2D eigenvalue weighted by atomic mass is 10.00. The van der Waals surface area contributed by atoms with E-state index in [9.17, 15) is 9.59 Å². The van der Waals surface area contributed by atoms with Crippen LogP contribution in [-0.2, 0) is 9.53 Å². The highest BCUT2D eigenvalue weighted by molar-refractivity contribution is 6.33. The summed E-state index contributed by atoms with van der Waals surface area (Å²) in [5.74, 6) is 0.710. The first-order valence-corrected chi connectivity index (χ1v) is 10.6. The Bertz CT molecular complexity index is 1230. The summed E-state index contributed by atoms with van der Waals surface area (Å²) in [4.78, 5) is 34.2. The number of rotatable bonds is 10. The van der Waals surface area contributed by atoms with E-state index in [1.165, 1.54) is 46.6 Å². The Morgan fingerprint density at radius 2 is 1.67 bits per heavy atom. The van der Waals surface area contributed by atoms with Gasteiger partial charge in [0.05, 0.1) is 34.0 Å². The van der Waals surface area contributed by atoms with Crippen molar-refractivity contribution >= 4 is 36.8 Å². The van der Waals surface area contributed by atoms with Gasteiger partial charge in [-0.05, 0) is 17.6 Å². The van der Waals surface area contributed by atoms with Gasteiger partial charge in [-0.1, -0.05) is 12.1 Å². The third kappa shape index (κ3) is 5.95. The number of esters is 1. The fourth-order valence-corrected chi connectivity index (χ4v) is 3.17. The molecule has 36 heavy (non-hydrogen) atoms. The molecule has 12 heteroatoms. The van der Waals surface area contributed by atoms with Crippen LogP contribution in [0.15, 0.2) is 42.6 Å². The lowest BCUT2D eigenvalue weighted by Crippen LogP contribution is -2.32. The van der Waals surface area contributed by atoms with Gasteiger partial charge in [-0.3, -0.25) is 9.59 Å². The molecule has 0 atom stereocenters. The number of nitrogens with one attached hydrogen (secondary N) is 1. The number of para-hydroxylation sites is 1. The number of benzene rings is 2. The Morgan fingerprint density at radius 3 is 2.28 bits per heavy atom. The Morgan fingerprint density at radius 1 is 1.00 bits per heavy atom. The largest absolute Gasteiger partial charge is 0.493 e. The van der Waals surface area contributed by atoms with E-state index < -0.39 is 11.9 Å². The first-order valence-electron chi connectivity index (χ1n) is 10.6. The minimum atomic E-state index is -0.549. The van der Waals surface area contributed by atoms with E-state index >= 15 is 0 Å². The van der Waals surface area contributed by atoms with Crippen molar-refractivity contribution in [1.29, 1.82) is 0 Å². The zero-order chi connectivity index (χ0) is 26.2. The number of aromatic nitrogens is 2. The molecule has 11 nitrogen and oxygen atoms in total. The van der Waals surface area contributed by atoms with Crippen LogP contribution in [-0.4, -0.2) is 76.6 Å². The van der Waals surface area contributed by atoms with Gasteiger partial charge < -0.3 is 33.9 Å². The number of amides is 1. The third-order valence-corrected chi connectivity index (χ3v) is 4.97. The molecule has 3 aromatic rings. The lowest BCUT2D eigenvalue weighted by molar-refractivity contribution is -0.141. The Labute approximate surface area is 209 Å². The quantitative estimate of drug-likeness (QED) is 0.333. The van der Waals surface area contributed by atoms with Crippen molar-refractivity contribution in [2.45, 2.75) is 0 Å². The van der Waals surface area contributed by atoms with E-state index in [4.69, 9.17) is 26.8 Å². The molecule has 186 valence electrons. The number of ether oxygens (including phenoxy) is 5. The van der Waals surface area contributed by atoms with E-state index in [1.54, 1.807) is 36.4 Å². The number of likely N-dealkylation sites (N-methyl/N-ethyl adjacent to an activating group) is 1. The Balaban J connectivity index is 1.88. The van der Waals surface area contributed by atoms with Crippen molar-refractivity contribution in [2.75, 3.05) is 47.3 Å². The zero-order valence-corrected chi connectivity index (χ0v) is 20.5. The minimum absolute atomic E-state index is 0.0239. The van der Waals surface area contributed by atoms with Crippen molar-refractivity contribution in [2.24, 2.45) is 0 Å². The van der Waals surface area contributed by atoms with Crippen LogP contribution in [0.3, 0.4) is 0 Å². The summed E-state index contributed by atoms with van der Waals surface area (Å²) in [6, 6.07) is 9.90. The molecule has 0 unspecified atom stereocenters. The Hall–Kier alpha value is -4.48. The monoisotopic (exact) mass is 492 g/mol. The van der Waals surface area contributed by atoms with Gasteiger partial charge in [0, 0.05) is 31.1 Å². The molecule has 0 fully saturated rings. The highest BCUT2D eigenvalue weighted by Gasteiger charge is 2.20. The van der Waals surface area contributed by atoms with E-state index in [0.29, 0.717) is 22.9 Å². The van der Waals surface area contributed by atoms with Crippen molar-refractivity contribution < 1.29 is 33.3 Å². The van der Waals surface area contributed by atoms with Crippen molar-refractivity contribution in [3.63, 3.8) is 0 Å². The fraction of sp³-hybridized carbons (Fsp3) is 0.250. The molecule has 2 aromatic carbocycles. The molecule has 0 saturated heterocycles. The van der Waals surface area contributed by atoms with Gasteiger partial charge in [0.25, 0.3) is 5.91 Å². The summed E-state index contributed by atoms with van der Waals surface area (Å²) < 4.78 is 26.6. The van der Waals surface area contributed by atoms with Crippen molar-refractivity contribution in [3.8, 4) is 28.9 Å². The molecular weight excluding hydrogens is 467 g/mol. The van der Waals surface area contributed by atoms with E-state index in [2.05, 4.69) is 20.0 Å². The summed E-state index contributed by atoms with van der Waals surface area (Å²) in [5, 5.41) is 3.04. The number of methoxy groups -OCH3 is 4. The molecule has 0 spiro atoms. The maximum absolute atomic E-state index is 12.9. The summed E-state index contributed by atoms with van der Waals surface area (Å²) in [7, 11) is 13.3. The van der Waals surface area contributed by atoms with Gasteiger partial charge in [-0.2, -0.15) is 4.98 Å². The standard InChI is InChI=1S/C24H25BN4O7/c1-29(13-20(30)34-4)23(31)15-8-6-7-9-17(15)36-22-16(25)12-26-24(28-22)27-14-10-18(32-2)21(35-5)19(11-14)33-3/h6-12H,13H2,1-5H3,(H,26,27,28). The predicted molar refractivity (Wildman–Crippen MR) is 132 cm³/mol. The number of carbonyl (C=O) groups is 2. The maximum Gasteiger partial charge on any atom is 0.325 e. The smallest absolute Gasteiger partial charge is 0.325 e. The Kier molecular flexibility index (Phi) is 8.55. The fourth-order valence-electron chi connectivity index (χ4n) is 3.17. The van der Waals surface area contributed by atoms with Gasteiger partial charge in [-0.25, -0.2) is 4.98 Å². The molecule has 0 aliphatic carbocycles. The number of anilines is 2. The molecular formula is C24H25BN4O7. The van der Waals surface area contributed by atoms with Crippen LogP contribution in [0.4, 0.5) is 11.6 Å². The van der Waals surface area contributed by atoms with Crippen LogP contribution in [0.5, 0.6) is 28.9 Å². The van der Waals surface area contributed by atoms with Gasteiger partial charge in [0.1, 0.15) is 20.1 Å². The topological polar surface area (TPSA) is 121 Å². The SMILES string of the molecule is [B]c1cnc(Nc2cc(OC)c(OC)c(OC)c2)nc1Oc1ccccc1C(=O)N(C)CC(=O)OC. The van der Waals surface area contributed by atoms with E-state index in [0.717, 1.165) is 0 Å². The van der Waals surface area contributed by atoms with Crippen molar-refractivity contribution in [3.05, 3.63) is 48.2 Å². The molecule has 3 rings (SSSR count). The van der Waals surface area contributed by atoms with E-state index in [-0.39, 0.29) is 35.1 Å². The molecule has 1 amide bonds. The number of hydrogen-bond acceptors (Lipinski definition) is 10. The van der Waals surface area contributed by atoms with Crippen LogP contribution in [0.2, 0.25) is 0 Å². The van der Waals surface area contributed by atoms with Crippen LogP contribution >= 0.6 is 0 Å². The van der Waals surface area contributed by atoms with Crippen LogP contribution in [0.1, 0.15) is 10.4 Å². The van der Waals surface area contributed by atoms with Crippen LogP contribution in [0.25, 0.3) is 0 Å². The summed E-state index contributed by atoms with van der Waals surface area (Å²) in [6.07, 6.45) is 1.37. The van der Waals surface area contributed by atoms with Crippen LogP contribution < -0.4 is 29.7 Å². The molecule has 0 bridgehead atoms. The van der Waals surface area contributed by atoms with Gasteiger partial charge >= 0.3 is 5.97 Å². The average Bonchev–Trinajstić information content (AvgIpc) is 2.89. The number of carbonyl (C=O) groups excluding carboxylic acids is 2. The second-order valence-electron chi connectivity index (χ2n) is 7.33. The summed E-state index contributed by atoms with van der Waals surface area (Å²) in [6.45, 7) is -0.220.